The highest BCUT2D eigenvalue weighted by Gasteiger charge is 2.31. The van der Waals surface area contributed by atoms with Gasteiger partial charge in [0.2, 0.25) is 0 Å². The van der Waals surface area contributed by atoms with E-state index >= 15 is 0 Å². The summed E-state index contributed by atoms with van der Waals surface area (Å²) in [5, 5.41) is 5.23. The van der Waals surface area contributed by atoms with Crippen molar-refractivity contribution in [2.75, 3.05) is 5.32 Å². The summed E-state index contributed by atoms with van der Waals surface area (Å²) in [7, 11) is 0. The lowest BCUT2D eigenvalue weighted by molar-refractivity contribution is -0.274. The SMILES string of the molecule is NC1CC(NC(=O)Nc2ccc(OC(F)(F)F)cc2)C1. The third kappa shape index (κ3) is 4.30. The minimum Gasteiger partial charge on any atom is -0.406 e. The highest BCUT2D eigenvalue weighted by molar-refractivity contribution is 5.89. The van der Waals surface area contributed by atoms with Crippen molar-refractivity contribution in [2.24, 2.45) is 5.73 Å². The van der Waals surface area contributed by atoms with Crippen LogP contribution in [0.2, 0.25) is 0 Å². The second-order valence-corrected chi connectivity index (χ2v) is 4.60. The van der Waals surface area contributed by atoms with Crippen molar-refractivity contribution < 1.29 is 22.7 Å². The van der Waals surface area contributed by atoms with Gasteiger partial charge in [-0.1, -0.05) is 0 Å². The minimum absolute atomic E-state index is 0.0536. The van der Waals surface area contributed by atoms with E-state index < -0.39 is 12.4 Å². The molecule has 5 nitrogen and oxygen atoms in total. The second kappa shape index (κ2) is 5.58. The van der Waals surface area contributed by atoms with Crippen molar-refractivity contribution in [2.45, 2.75) is 31.3 Å². The number of anilines is 1. The Balaban J connectivity index is 1.82. The smallest absolute Gasteiger partial charge is 0.406 e. The first-order valence-electron chi connectivity index (χ1n) is 6.01. The fraction of sp³-hybridized carbons (Fsp3) is 0.417. The molecule has 0 bridgehead atoms. The Hall–Kier alpha value is -1.96. The molecular weight excluding hydrogens is 275 g/mol. The minimum atomic E-state index is -4.73. The third-order valence-electron chi connectivity index (χ3n) is 2.86. The van der Waals surface area contributed by atoms with Gasteiger partial charge in [-0.2, -0.15) is 0 Å². The molecule has 0 heterocycles. The molecule has 2 rings (SSSR count). The molecular formula is C12H14F3N3O2. The lowest BCUT2D eigenvalue weighted by Crippen LogP contribution is -2.51. The summed E-state index contributed by atoms with van der Waals surface area (Å²) >= 11 is 0. The number of nitrogens with one attached hydrogen (secondary N) is 2. The maximum Gasteiger partial charge on any atom is 0.573 e. The zero-order chi connectivity index (χ0) is 14.8. The molecule has 1 saturated carbocycles. The number of rotatable bonds is 3. The normalized spacial score (nSPS) is 21.8. The molecule has 0 aliphatic heterocycles. The van der Waals surface area contributed by atoms with Gasteiger partial charge in [-0.3, -0.25) is 0 Å². The Morgan fingerprint density at radius 3 is 2.35 bits per heavy atom. The van der Waals surface area contributed by atoms with E-state index in [4.69, 9.17) is 5.73 Å². The van der Waals surface area contributed by atoms with E-state index in [2.05, 4.69) is 15.4 Å². The zero-order valence-corrected chi connectivity index (χ0v) is 10.4. The number of benzene rings is 1. The Kier molecular flexibility index (Phi) is 4.03. The Morgan fingerprint density at radius 1 is 1.25 bits per heavy atom. The molecule has 4 N–H and O–H groups in total. The molecule has 2 amide bonds. The number of halogens is 3. The third-order valence-corrected chi connectivity index (χ3v) is 2.86. The number of hydrogen-bond donors (Lipinski definition) is 3. The fourth-order valence-corrected chi connectivity index (χ4v) is 1.87. The molecule has 1 aliphatic carbocycles. The van der Waals surface area contributed by atoms with Crippen LogP contribution in [-0.4, -0.2) is 24.5 Å². The van der Waals surface area contributed by atoms with Crippen LogP contribution in [0.15, 0.2) is 24.3 Å². The predicted octanol–water partition coefficient (Wildman–Crippen LogP) is 2.20. The van der Waals surface area contributed by atoms with Gasteiger partial charge in [0.25, 0.3) is 0 Å². The van der Waals surface area contributed by atoms with Crippen molar-refractivity contribution >= 4 is 11.7 Å². The zero-order valence-electron chi connectivity index (χ0n) is 10.4. The van der Waals surface area contributed by atoms with Crippen molar-refractivity contribution in [1.29, 1.82) is 0 Å². The van der Waals surface area contributed by atoms with Gasteiger partial charge >= 0.3 is 12.4 Å². The Bertz CT molecular complexity index is 470. The molecule has 0 spiro atoms. The van der Waals surface area contributed by atoms with Crippen LogP contribution in [0.1, 0.15) is 12.8 Å². The highest BCUT2D eigenvalue weighted by Crippen LogP contribution is 2.24. The van der Waals surface area contributed by atoms with Crippen LogP contribution in [0.3, 0.4) is 0 Å². The van der Waals surface area contributed by atoms with Crippen molar-refractivity contribution in [3.05, 3.63) is 24.3 Å². The lowest BCUT2D eigenvalue weighted by Gasteiger charge is -2.32. The summed E-state index contributed by atoms with van der Waals surface area (Å²) < 4.78 is 39.6. The molecule has 1 aliphatic rings. The second-order valence-electron chi connectivity index (χ2n) is 4.60. The van der Waals surface area contributed by atoms with E-state index in [1.807, 2.05) is 0 Å². The van der Waals surface area contributed by atoms with Crippen LogP contribution in [0.5, 0.6) is 5.75 Å². The monoisotopic (exact) mass is 289 g/mol. The van der Waals surface area contributed by atoms with Gasteiger partial charge in [0.05, 0.1) is 0 Å². The van der Waals surface area contributed by atoms with Crippen molar-refractivity contribution in [1.82, 2.24) is 5.32 Å². The molecule has 1 aromatic rings. The molecule has 20 heavy (non-hydrogen) atoms. The van der Waals surface area contributed by atoms with E-state index in [1.165, 1.54) is 12.1 Å². The number of alkyl halides is 3. The summed E-state index contributed by atoms with van der Waals surface area (Å²) in [5.41, 5.74) is 5.96. The molecule has 0 radical (unpaired) electrons. The van der Waals surface area contributed by atoms with Gasteiger partial charge in [-0.05, 0) is 37.1 Å². The van der Waals surface area contributed by atoms with E-state index in [1.54, 1.807) is 0 Å². The molecule has 0 saturated heterocycles. The number of amides is 2. The van der Waals surface area contributed by atoms with Gasteiger partial charge in [0.15, 0.2) is 0 Å². The number of urea groups is 1. The highest BCUT2D eigenvalue weighted by atomic mass is 19.4. The number of nitrogens with two attached hydrogens (primary N) is 1. The number of hydrogen-bond acceptors (Lipinski definition) is 3. The number of ether oxygens (including phenoxy) is 1. The lowest BCUT2D eigenvalue weighted by atomic mass is 9.88. The van der Waals surface area contributed by atoms with Gasteiger partial charge in [0, 0.05) is 17.8 Å². The summed E-state index contributed by atoms with van der Waals surface area (Å²) in [6.07, 6.45) is -3.27. The summed E-state index contributed by atoms with van der Waals surface area (Å²) in [6, 6.07) is 4.67. The van der Waals surface area contributed by atoms with E-state index in [0.717, 1.165) is 25.0 Å². The Morgan fingerprint density at radius 2 is 1.85 bits per heavy atom. The first-order valence-corrected chi connectivity index (χ1v) is 6.01. The van der Waals surface area contributed by atoms with Crippen LogP contribution in [0, 0.1) is 0 Å². The van der Waals surface area contributed by atoms with E-state index in [-0.39, 0.29) is 17.8 Å². The summed E-state index contributed by atoms with van der Waals surface area (Å²) in [6.45, 7) is 0. The topological polar surface area (TPSA) is 76.4 Å². The number of carbonyl (C=O) groups excluding carboxylic acids is 1. The quantitative estimate of drug-likeness (QED) is 0.798. The molecule has 0 aromatic heterocycles. The van der Waals surface area contributed by atoms with Crippen LogP contribution in [-0.2, 0) is 0 Å². The van der Waals surface area contributed by atoms with Gasteiger partial charge in [-0.25, -0.2) is 4.79 Å². The standard InChI is InChI=1S/C12H14F3N3O2/c13-12(14,15)20-10-3-1-8(2-4-10)17-11(19)18-9-5-7(16)6-9/h1-4,7,9H,5-6,16H2,(H2,17,18,19). The molecule has 0 unspecified atom stereocenters. The Labute approximate surface area is 113 Å². The van der Waals surface area contributed by atoms with Gasteiger partial charge in [0.1, 0.15) is 5.75 Å². The predicted molar refractivity (Wildman–Crippen MR) is 66.3 cm³/mol. The maximum atomic E-state index is 12.0. The van der Waals surface area contributed by atoms with E-state index in [9.17, 15) is 18.0 Å². The van der Waals surface area contributed by atoms with E-state index in [0.29, 0.717) is 5.69 Å². The molecule has 0 atom stereocenters. The largest absolute Gasteiger partial charge is 0.573 e. The van der Waals surface area contributed by atoms with Gasteiger partial charge < -0.3 is 21.1 Å². The van der Waals surface area contributed by atoms with Crippen LogP contribution < -0.4 is 21.1 Å². The molecule has 8 heteroatoms. The molecule has 110 valence electrons. The number of carbonyl (C=O) groups is 1. The maximum absolute atomic E-state index is 12.0. The first kappa shape index (κ1) is 14.4. The fourth-order valence-electron chi connectivity index (χ4n) is 1.87. The van der Waals surface area contributed by atoms with Crippen LogP contribution in [0.25, 0.3) is 0 Å². The average Bonchev–Trinajstić information content (AvgIpc) is 2.28. The van der Waals surface area contributed by atoms with Crippen molar-refractivity contribution in [3.8, 4) is 5.75 Å². The van der Waals surface area contributed by atoms with Crippen LogP contribution >= 0.6 is 0 Å². The molecule has 1 fully saturated rings. The first-order chi connectivity index (χ1) is 9.32. The van der Waals surface area contributed by atoms with Crippen LogP contribution in [0.4, 0.5) is 23.7 Å². The van der Waals surface area contributed by atoms with Gasteiger partial charge in [-0.15, -0.1) is 13.2 Å². The van der Waals surface area contributed by atoms with Crippen molar-refractivity contribution in [3.63, 3.8) is 0 Å². The summed E-state index contributed by atoms with van der Waals surface area (Å²) in [5.74, 6) is -0.339. The molecule has 1 aromatic carbocycles. The average molecular weight is 289 g/mol. The summed E-state index contributed by atoms with van der Waals surface area (Å²) in [4.78, 5) is 11.6.